The maximum absolute atomic E-state index is 12.5. The Bertz CT molecular complexity index is 479. The molecule has 19 heavy (non-hydrogen) atoms. The van der Waals surface area contributed by atoms with Gasteiger partial charge in [0.15, 0.2) is 0 Å². The van der Waals surface area contributed by atoms with Gasteiger partial charge in [-0.05, 0) is 62.1 Å². The molecule has 2 aliphatic rings. The predicted molar refractivity (Wildman–Crippen MR) is 78.3 cm³/mol. The lowest BCUT2D eigenvalue weighted by Gasteiger charge is -2.10. The van der Waals surface area contributed by atoms with E-state index in [1.165, 1.54) is 47.9 Å². The summed E-state index contributed by atoms with van der Waals surface area (Å²) < 4.78 is 0. The van der Waals surface area contributed by atoms with Crippen LogP contribution in [0.2, 0.25) is 0 Å². The average Bonchev–Trinajstić information content (AvgIpc) is 3.07. The molecule has 2 unspecified atom stereocenters. The molecule has 0 heterocycles. The molecule has 0 aromatic heterocycles. The summed E-state index contributed by atoms with van der Waals surface area (Å²) in [5, 5.41) is 0. The number of hydrogen-bond donors (Lipinski definition) is 0. The van der Waals surface area contributed by atoms with E-state index in [9.17, 15) is 4.79 Å². The van der Waals surface area contributed by atoms with E-state index in [2.05, 4.69) is 32.9 Å². The molecule has 0 N–H and O–H groups in total. The number of fused-ring (bicyclic) bond motifs is 1. The van der Waals surface area contributed by atoms with Gasteiger partial charge in [0.25, 0.3) is 0 Å². The van der Waals surface area contributed by atoms with Crippen LogP contribution >= 0.6 is 0 Å². The normalized spacial score (nSPS) is 28.9. The molecule has 0 saturated heterocycles. The van der Waals surface area contributed by atoms with Crippen molar-refractivity contribution in [1.82, 2.24) is 0 Å². The van der Waals surface area contributed by atoms with Crippen molar-refractivity contribution in [3.8, 4) is 0 Å². The lowest BCUT2D eigenvalue weighted by Crippen LogP contribution is -2.10. The van der Waals surface area contributed by atoms with Crippen LogP contribution in [0.25, 0.3) is 0 Å². The molecule has 2 aliphatic carbocycles. The molecular weight excluding hydrogens is 232 g/mol. The first-order valence-corrected chi connectivity index (χ1v) is 7.67. The smallest absolute Gasteiger partial charge is 0.140 e. The fourth-order valence-corrected chi connectivity index (χ4v) is 4.25. The van der Waals surface area contributed by atoms with Gasteiger partial charge in [-0.15, -0.1) is 0 Å². The number of carbonyl (C=O) groups excluding carboxylic acids is 1. The first kappa shape index (κ1) is 12.9. The molecule has 2 saturated carbocycles. The topological polar surface area (TPSA) is 17.1 Å². The number of hydrogen-bond acceptors (Lipinski definition) is 1. The van der Waals surface area contributed by atoms with Crippen molar-refractivity contribution in [2.24, 2.45) is 17.8 Å². The van der Waals surface area contributed by atoms with Crippen LogP contribution in [0.1, 0.15) is 47.9 Å². The monoisotopic (exact) mass is 256 g/mol. The zero-order chi connectivity index (χ0) is 13.6. The van der Waals surface area contributed by atoms with E-state index in [-0.39, 0.29) is 0 Å². The Morgan fingerprint density at radius 2 is 1.58 bits per heavy atom. The largest absolute Gasteiger partial charge is 0.299 e. The zero-order valence-corrected chi connectivity index (χ0v) is 12.3. The lowest BCUT2D eigenvalue weighted by molar-refractivity contribution is -0.120. The minimum absolute atomic E-state index is 0.405. The minimum Gasteiger partial charge on any atom is -0.299 e. The third-order valence-electron chi connectivity index (χ3n) is 5.22. The maximum atomic E-state index is 12.5. The van der Waals surface area contributed by atoms with Crippen LogP contribution in [-0.2, 0) is 11.2 Å². The summed E-state index contributed by atoms with van der Waals surface area (Å²) in [4.78, 5) is 12.5. The molecule has 1 aromatic rings. The first-order chi connectivity index (χ1) is 9.08. The van der Waals surface area contributed by atoms with Crippen LogP contribution in [-0.4, -0.2) is 5.78 Å². The Kier molecular flexibility index (Phi) is 3.24. The summed E-state index contributed by atoms with van der Waals surface area (Å²) >= 11 is 0. The maximum Gasteiger partial charge on any atom is 0.140 e. The molecule has 2 atom stereocenters. The van der Waals surface area contributed by atoms with E-state index in [1.54, 1.807) is 0 Å². The molecule has 102 valence electrons. The summed E-state index contributed by atoms with van der Waals surface area (Å²) in [5.74, 6) is 2.40. The van der Waals surface area contributed by atoms with E-state index in [1.807, 2.05) is 0 Å². The second kappa shape index (κ2) is 4.77. The van der Waals surface area contributed by atoms with Gasteiger partial charge < -0.3 is 0 Å². The van der Waals surface area contributed by atoms with Crippen molar-refractivity contribution in [3.05, 3.63) is 34.4 Å². The van der Waals surface area contributed by atoms with Crippen molar-refractivity contribution >= 4 is 5.78 Å². The first-order valence-electron chi connectivity index (χ1n) is 7.67. The summed E-state index contributed by atoms with van der Waals surface area (Å²) in [7, 11) is 0. The molecule has 0 bridgehead atoms. The number of rotatable bonds is 3. The van der Waals surface area contributed by atoms with Crippen LogP contribution in [0.4, 0.5) is 0 Å². The Hall–Kier alpha value is -1.11. The molecule has 1 heteroatoms. The highest BCUT2D eigenvalue weighted by Gasteiger charge is 2.53. The zero-order valence-electron chi connectivity index (χ0n) is 12.3. The van der Waals surface area contributed by atoms with E-state index in [0.29, 0.717) is 18.1 Å². The van der Waals surface area contributed by atoms with Crippen molar-refractivity contribution in [3.63, 3.8) is 0 Å². The molecule has 1 aromatic carbocycles. The molecular formula is C18H24O. The standard InChI is InChI=1S/C18H24O/c1-11-8-12(2)16(13(3)9-11)10-17(19)18-14-6-4-5-7-15(14)18/h8-9,14-15,18H,4-7,10H2,1-3H3. The molecule has 0 spiro atoms. The molecule has 1 nitrogen and oxygen atoms in total. The van der Waals surface area contributed by atoms with Crippen molar-refractivity contribution in [2.75, 3.05) is 0 Å². The van der Waals surface area contributed by atoms with Gasteiger partial charge >= 0.3 is 0 Å². The van der Waals surface area contributed by atoms with Gasteiger partial charge in [-0.25, -0.2) is 0 Å². The van der Waals surface area contributed by atoms with E-state index in [0.717, 1.165) is 11.8 Å². The average molecular weight is 256 g/mol. The van der Waals surface area contributed by atoms with E-state index < -0.39 is 0 Å². The summed E-state index contributed by atoms with van der Waals surface area (Å²) in [6, 6.07) is 4.41. The van der Waals surface area contributed by atoms with Crippen LogP contribution in [0.15, 0.2) is 12.1 Å². The minimum atomic E-state index is 0.405. The van der Waals surface area contributed by atoms with Gasteiger partial charge in [0.1, 0.15) is 5.78 Å². The number of benzene rings is 1. The SMILES string of the molecule is Cc1cc(C)c(CC(=O)C2C3CCCCC32)c(C)c1. The predicted octanol–water partition coefficient (Wildman–Crippen LogP) is 4.16. The van der Waals surface area contributed by atoms with Gasteiger partial charge in [0.2, 0.25) is 0 Å². The highest BCUT2D eigenvalue weighted by Crippen LogP contribution is 2.56. The van der Waals surface area contributed by atoms with Crippen molar-refractivity contribution in [1.29, 1.82) is 0 Å². The second-order valence-corrected chi connectivity index (χ2v) is 6.66. The molecule has 3 rings (SSSR count). The van der Waals surface area contributed by atoms with Crippen LogP contribution in [0, 0.1) is 38.5 Å². The Morgan fingerprint density at radius 3 is 2.11 bits per heavy atom. The van der Waals surface area contributed by atoms with Crippen LogP contribution < -0.4 is 0 Å². The lowest BCUT2D eigenvalue weighted by atomic mass is 9.94. The van der Waals surface area contributed by atoms with Crippen LogP contribution in [0.5, 0.6) is 0 Å². The molecule has 0 radical (unpaired) electrons. The number of carbonyl (C=O) groups is 1. The fraction of sp³-hybridized carbons (Fsp3) is 0.611. The molecule has 2 fully saturated rings. The van der Waals surface area contributed by atoms with Gasteiger partial charge in [-0.1, -0.05) is 30.5 Å². The van der Waals surface area contributed by atoms with Gasteiger partial charge in [0, 0.05) is 12.3 Å². The summed E-state index contributed by atoms with van der Waals surface area (Å²) in [5.41, 5.74) is 5.15. The third kappa shape index (κ3) is 2.35. The highest BCUT2D eigenvalue weighted by atomic mass is 16.1. The van der Waals surface area contributed by atoms with Crippen molar-refractivity contribution in [2.45, 2.75) is 52.9 Å². The Balaban J connectivity index is 1.74. The quantitative estimate of drug-likeness (QED) is 0.793. The fourth-order valence-electron chi connectivity index (χ4n) is 4.25. The number of Topliss-reactive ketones (excluding diaryl/α,β-unsaturated/α-hetero) is 1. The van der Waals surface area contributed by atoms with E-state index >= 15 is 0 Å². The van der Waals surface area contributed by atoms with Gasteiger partial charge in [-0.2, -0.15) is 0 Å². The van der Waals surface area contributed by atoms with Crippen LogP contribution in [0.3, 0.4) is 0 Å². The summed E-state index contributed by atoms with van der Waals surface area (Å²) in [6.07, 6.45) is 5.94. The Labute approximate surface area is 116 Å². The Morgan fingerprint density at radius 1 is 1.05 bits per heavy atom. The number of ketones is 1. The van der Waals surface area contributed by atoms with Gasteiger partial charge in [0.05, 0.1) is 0 Å². The van der Waals surface area contributed by atoms with E-state index in [4.69, 9.17) is 0 Å². The summed E-state index contributed by atoms with van der Waals surface area (Å²) in [6.45, 7) is 6.41. The molecule has 0 amide bonds. The van der Waals surface area contributed by atoms with Crippen molar-refractivity contribution < 1.29 is 4.79 Å². The van der Waals surface area contributed by atoms with Gasteiger partial charge in [-0.3, -0.25) is 4.79 Å². The third-order valence-corrected chi connectivity index (χ3v) is 5.22. The molecule has 0 aliphatic heterocycles. The number of aryl methyl sites for hydroxylation is 3. The second-order valence-electron chi connectivity index (χ2n) is 6.66. The highest BCUT2D eigenvalue weighted by molar-refractivity contribution is 5.87.